The highest BCUT2D eigenvalue weighted by Gasteiger charge is 2.10. The van der Waals surface area contributed by atoms with Gasteiger partial charge in [-0.2, -0.15) is 5.26 Å². The van der Waals surface area contributed by atoms with Crippen LogP contribution in [0.25, 0.3) is 0 Å². The Bertz CT molecular complexity index is 611. The number of carbonyl (C=O) groups is 1. The van der Waals surface area contributed by atoms with Crippen molar-refractivity contribution in [2.45, 2.75) is 23.5 Å². The molecule has 0 spiro atoms. The van der Waals surface area contributed by atoms with Crippen molar-refractivity contribution < 1.29 is 4.79 Å². The average Bonchev–Trinajstić information content (AvgIpc) is 2.49. The fourth-order valence-corrected chi connectivity index (χ4v) is 2.83. The number of hydrogen-bond acceptors (Lipinski definition) is 3. The number of thioether (sulfide) groups is 1. The molecule has 2 nitrogen and oxygen atoms in total. The van der Waals surface area contributed by atoms with Crippen molar-refractivity contribution >= 4 is 18.0 Å². The van der Waals surface area contributed by atoms with E-state index in [2.05, 4.69) is 6.07 Å². The Morgan fingerprint density at radius 3 is 2.35 bits per heavy atom. The van der Waals surface area contributed by atoms with Crippen LogP contribution in [0.2, 0.25) is 0 Å². The van der Waals surface area contributed by atoms with E-state index in [4.69, 9.17) is 5.26 Å². The number of aryl methyl sites for hydroxylation is 1. The molecule has 0 saturated heterocycles. The lowest BCUT2D eigenvalue weighted by Crippen LogP contribution is -2.08. The predicted molar refractivity (Wildman–Crippen MR) is 81.7 cm³/mol. The number of nitrogens with zero attached hydrogens (tertiary/aromatic N) is 1. The summed E-state index contributed by atoms with van der Waals surface area (Å²) < 4.78 is 0. The fourth-order valence-electron chi connectivity index (χ4n) is 1.86. The van der Waals surface area contributed by atoms with Gasteiger partial charge in [0.05, 0.1) is 16.9 Å². The van der Waals surface area contributed by atoms with Gasteiger partial charge in [0.25, 0.3) is 0 Å². The highest BCUT2D eigenvalue weighted by Crippen LogP contribution is 2.25. The van der Waals surface area contributed by atoms with Crippen LogP contribution in [0.3, 0.4) is 0 Å². The van der Waals surface area contributed by atoms with Crippen LogP contribution in [-0.2, 0) is 11.2 Å². The zero-order valence-corrected chi connectivity index (χ0v) is 12.1. The number of benzene rings is 2. The van der Waals surface area contributed by atoms with E-state index >= 15 is 0 Å². The van der Waals surface area contributed by atoms with Gasteiger partial charge in [0.1, 0.15) is 6.29 Å². The van der Waals surface area contributed by atoms with E-state index in [1.165, 1.54) is 5.56 Å². The topological polar surface area (TPSA) is 40.9 Å². The van der Waals surface area contributed by atoms with Crippen LogP contribution >= 0.6 is 11.8 Å². The molecule has 0 heterocycles. The van der Waals surface area contributed by atoms with E-state index < -0.39 is 0 Å². The largest absolute Gasteiger partial charge is 0.302 e. The van der Waals surface area contributed by atoms with Gasteiger partial charge < -0.3 is 4.79 Å². The first-order valence-electron chi connectivity index (χ1n) is 6.39. The van der Waals surface area contributed by atoms with Crippen LogP contribution in [0.15, 0.2) is 53.4 Å². The third-order valence-corrected chi connectivity index (χ3v) is 4.11. The molecule has 0 fully saturated rings. The average molecular weight is 281 g/mol. The molecular weight excluding hydrogens is 266 g/mol. The third kappa shape index (κ3) is 3.97. The van der Waals surface area contributed by atoms with Crippen LogP contribution in [0.5, 0.6) is 0 Å². The van der Waals surface area contributed by atoms with Gasteiger partial charge in [0, 0.05) is 4.90 Å². The van der Waals surface area contributed by atoms with Crippen molar-refractivity contribution in [2.75, 3.05) is 0 Å². The Morgan fingerprint density at radius 2 is 1.80 bits per heavy atom. The van der Waals surface area contributed by atoms with Gasteiger partial charge >= 0.3 is 0 Å². The van der Waals surface area contributed by atoms with Crippen molar-refractivity contribution in [1.29, 1.82) is 5.26 Å². The normalized spacial score (nSPS) is 11.6. The Kier molecular flexibility index (Phi) is 4.97. The van der Waals surface area contributed by atoms with Gasteiger partial charge in [0.15, 0.2) is 0 Å². The van der Waals surface area contributed by atoms with E-state index in [9.17, 15) is 4.79 Å². The molecule has 0 aromatic heterocycles. The Labute approximate surface area is 123 Å². The van der Waals surface area contributed by atoms with Crippen LogP contribution in [0.4, 0.5) is 0 Å². The number of hydrogen-bond donors (Lipinski definition) is 0. The van der Waals surface area contributed by atoms with Crippen LogP contribution < -0.4 is 0 Å². The minimum Gasteiger partial charge on any atom is -0.302 e. The molecule has 1 unspecified atom stereocenters. The summed E-state index contributed by atoms with van der Waals surface area (Å²) in [5.74, 6) is 0. The second-order valence-electron chi connectivity index (χ2n) is 4.62. The standard InChI is InChI=1S/C17H15NOS/c1-13-2-8-16(9-3-13)20-17(12-19)10-14-4-6-15(11-18)7-5-14/h2-9,12,17H,10H2,1H3. The second-order valence-corrected chi connectivity index (χ2v) is 5.93. The molecule has 2 aromatic rings. The molecule has 1 atom stereocenters. The lowest BCUT2D eigenvalue weighted by Gasteiger charge is -2.10. The molecule has 2 rings (SSSR count). The van der Waals surface area contributed by atoms with E-state index in [0.717, 1.165) is 16.7 Å². The lowest BCUT2D eigenvalue weighted by atomic mass is 10.1. The van der Waals surface area contributed by atoms with Gasteiger partial charge in [-0.25, -0.2) is 0 Å². The van der Waals surface area contributed by atoms with Gasteiger partial charge in [-0.1, -0.05) is 29.8 Å². The molecule has 2 aromatic carbocycles. The van der Waals surface area contributed by atoms with Crippen molar-refractivity contribution in [2.24, 2.45) is 0 Å². The van der Waals surface area contributed by atoms with Gasteiger partial charge in [-0.3, -0.25) is 0 Å². The van der Waals surface area contributed by atoms with Crippen molar-refractivity contribution in [1.82, 2.24) is 0 Å². The molecule has 0 aliphatic rings. The van der Waals surface area contributed by atoms with Crippen LogP contribution in [-0.4, -0.2) is 11.5 Å². The summed E-state index contributed by atoms with van der Waals surface area (Å²) in [7, 11) is 0. The van der Waals surface area contributed by atoms with Gasteiger partial charge in [-0.15, -0.1) is 11.8 Å². The summed E-state index contributed by atoms with van der Waals surface area (Å²) in [6.07, 6.45) is 1.66. The summed E-state index contributed by atoms with van der Waals surface area (Å²) in [4.78, 5) is 12.3. The molecule has 100 valence electrons. The van der Waals surface area contributed by atoms with Crippen molar-refractivity contribution in [3.63, 3.8) is 0 Å². The molecule has 20 heavy (non-hydrogen) atoms. The zero-order chi connectivity index (χ0) is 14.4. The summed E-state index contributed by atoms with van der Waals surface area (Å²) in [5, 5.41) is 8.66. The van der Waals surface area contributed by atoms with Gasteiger partial charge in [0.2, 0.25) is 0 Å². The third-order valence-electron chi connectivity index (χ3n) is 2.98. The number of rotatable bonds is 5. The molecule has 0 aliphatic heterocycles. The maximum atomic E-state index is 11.2. The Hall–Kier alpha value is -2.05. The van der Waals surface area contributed by atoms with E-state index in [0.29, 0.717) is 12.0 Å². The van der Waals surface area contributed by atoms with Gasteiger partial charge in [-0.05, 0) is 43.2 Å². The van der Waals surface area contributed by atoms with Crippen molar-refractivity contribution in [3.05, 3.63) is 65.2 Å². The summed E-state index contributed by atoms with van der Waals surface area (Å²) in [6.45, 7) is 2.04. The highest BCUT2D eigenvalue weighted by molar-refractivity contribution is 8.00. The van der Waals surface area contributed by atoms with Crippen LogP contribution in [0, 0.1) is 18.3 Å². The smallest absolute Gasteiger partial charge is 0.133 e. The lowest BCUT2D eigenvalue weighted by molar-refractivity contribution is -0.107. The zero-order valence-electron chi connectivity index (χ0n) is 11.2. The molecule has 0 radical (unpaired) electrons. The Balaban J connectivity index is 2.03. The highest BCUT2D eigenvalue weighted by atomic mass is 32.2. The van der Waals surface area contributed by atoms with E-state index in [1.807, 2.05) is 43.3 Å². The number of aldehydes is 1. The number of carbonyl (C=O) groups excluding carboxylic acids is 1. The van der Waals surface area contributed by atoms with Crippen LogP contribution in [0.1, 0.15) is 16.7 Å². The number of nitriles is 1. The SMILES string of the molecule is Cc1ccc(SC(C=O)Cc2ccc(C#N)cc2)cc1. The molecular formula is C17H15NOS. The molecule has 0 bridgehead atoms. The molecule has 0 N–H and O–H groups in total. The maximum absolute atomic E-state index is 11.2. The molecule has 0 aliphatic carbocycles. The second kappa shape index (κ2) is 6.93. The predicted octanol–water partition coefficient (Wildman–Crippen LogP) is 3.77. The summed E-state index contributed by atoms with van der Waals surface area (Å²) in [6, 6.07) is 17.6. The quantitative estimate of drug-likeness (QED) is 0.619. The summed E-state index contributed by atoms with van der Waals surface area (Å²) in [5.41, 5.74) is 2.92. The van der Waals surface area contributed by atoms with E-state index in [-0.39, 0.29) is 5.25 Å². The monoisotopic (exact) mass is 281 g/mol. The first kappa shape index (κ1) is 14.4. The molecule has 0 amide bonds. The van der Waals surface area contributed by atoms with Crippen molar-refractivity contribution in [3.8, 4) is 6.07 Å². The first-order chi connectivity index (χ1) is 9.71. The summed E-state index contributed by atoms with van der Waals surface area (Å²) >= 11 is 1.57. The minimum atomic E-state index is -0.106. The minimum absolute atomic E-state index is 0.106. The molecule has 3 heteroatoms. The fraction of sp³-hybridized carbons (Fsp3) is 0.176. The van der Waals surface area contributed by atoms with E-state index in [1.54, 1.807) is 23.9 Å². The Morgan fingerprint density at radius 1 is 1.15 bits per heavy atom. The maximum Gasteiger partial charge on any atom is 0.133 e. The first-order valence-corrected chi connectivity index (χ1v) is 7.27. The molecule has 0 saturated carbocycles.